The third kappa shape index (κ3) is 6.44. The molecular formula is C22H27NO4. The van der Waals surface area contributed by atoms with Crippen molar-refractivity contribution in [1.29, 1.82) is 0 Å². The molecule has 2 aromatic carbocycles. The van der Waals surface area contributed by atoms with Crippen LogP contribution in [0.25, 0.3) is 0 Å². The van der Waals surface area contributed by atoms with Gasteiger partial charge in [0.15, 0.2) is 13.2 Å². The number of nitrogens with one attached hydrogen (secondary N) is 1. The Balaban J connectivity index is 1.75. The SMILES string of the molecule is CCc1ccc(C(C)NC(=O)COC(=O)COc2cc(C)ccc2C)cc1. The van der Waals surface area contributed by atoms with Crippen LogP contribution >= 0.6 is 0 Å². The lowest BCUT2D eigenvalue weighted by Crippen LogP contribution is -2.32. The van der Waals surface area contributed by atoms with Crippen molar-refractivity contribution < 1.29 is 19.1 Å². The summed E-state index contributed by atoms with van der Waals surface area (Å²) < 4.78 is 10.5. The molecule has 1 amide bonds. The van der Waals surface area contributed by atoms with Crippen LogP contribution in [0.4, 0.5) is 0 Å². The predicted molar refractivity (Wildman–Crippen MR) is 105 cm³/mol. The van der Waals surface area contributed by atoms with E-state index in [2.05, 4.69) is 12.2 Å². The number of carbonyl (C=O) groups excluding carboxylic acids is 2. The zero-order valence-electron chi connectivity index (χ0n) is 16.4. The van der Waals surface area contributed by atoms with E-state index in [9.17, 15) is 9.59 Å². The minimum Gasteiger partial charge on any atom is -0.482 e. The van der Waals surface area contributed by atoms with Gasteiger partial charge < -0.3 is 14.8 Å². The number of hydrogen-bond acceptors (Lipinski definition) is 4. The Morgan fingerprint density at radius 2 is 1.74 bits per heavy atom. The van der Waals surface area contributed by atoms with Crippen LogP contribution in [0.3, 0.4) is 0 Å². The highest BCUT2D eigenvalue weighted by Crippen LogP contribution is 2.19. The molecule has 0 aliphatic heterocycles. The standard InChI is InChI=1S/C22H27NO4/c1-5-18-8-10-19(11-9-18)17(4)23-21(24)13-27-22(25)14-26-20-12-15(2)6-7-16(20)3/h6-12,17H,5,13-14H2,1-4H3,(H,23,24). The molecule has 0 saturated carbocycles. The quantitative estimate of drug-likeness (QED) is 0.721. The Morgan fingerprint density at radius 3 is 2.41 bits per heavy atom. The molecule has 0 aromatic heterocycles. The van der Waals surface area contributed by atoms with E-state index in [1.165, 1.54) is 5.56 Å². The number of amides is 1. The highest BCUT2D eigenvalue weighted by atomic mass is 16.6. The first-order valence-electron chi connectivity index (χ1n) is 9.13. The molecule has 144 valence electrons. The predicted octanol–water partition coefficient (Wildman–Crippen LogP) is 3.67. The highest BCUT2D eigenvalue weighted by molar-refractivity contribution is 5.81. The molecule has 0 aliphatic carbocycles. The van der Waals surface area contributed by atoms with Gasteiger partial charge in [-0.3, -0.25) is 4.79 Å². The monoisotopic (exact) mass is 369 g/mol. The number of hydrogen-bond donors (Lipinski definition) is 1. The summed E-state index contributed by atoms with van der Waals surface area (Å²) >= 11 is 0. The first-order valence-corrected chi connectivity index (χ1v) is 9.13. The van der Waals surface area contributed by atoms with Gasteiger partial charge in [-0.1, -0.05) is 43.3 Å². The molecule has 5 heteroatoms. The van der Waals surface area contributed by atoms with Gasteiger partial charge in [0.1, 0.15) is 5.75 Å². The van der Waals surface area contributed by atoms with Gasteiger partial charge in [-0.15, -0.1) is 0 Å². The van der Waals surface area contributed by atoms with Crippen molar-refractivity contribution in [2.75, 3.05) is 13.2 Å². The summed E-state index contributed by atoms with van der Waals surface area (Å²) in [5, 5.41) is 2.82. The van der Waals surface area contributed by atoms with Crippen LogP contribution in [-0.2, 0) is 20.7 Å². The summed E-state index contributed by atoms with van der Waals surface area (Å²) in [6.45, 7) is 7.29. The fourth-order valence-electron chi connectivity index (χ4n) is 2.60. The second-order valence-corrected chi connectivity index (χ2v) is 6.60. The number of aryl methyl sites for hydroxylation is 3. The number of ether oxygens (including phenoxy) is 2. The Morgan fingerprint density at radius 1 is 1.04 bits per heavy atom. The summed E-state index contributed by atoms with van der Waals surface area (Å²) in [5.41, 5.74) is 4.23. The summed E-state index contributed by atoms with van der Waals surface area (Å²) in [6.07, 6.45) is 0.973. The van der Waals surface area contributed by atoms with Crippen LogP contribution in [0.5, 0.6) is 5.75 Å². The van der Waals surface area contributed by atoms with E-state index in [1.54, 1.807) is 0 Å². The third-order valence-corrected chi connectivity index (χ3v) is 4.32. The van der Waals surface area contributed by atoms with Gasteiger partial charge in [0, 0.05) is 0 Å². The zero-order valence-corrected chi connectivity index (χ0v) is 16.4. The van der Waals surface area contributed by atoms with E-state index in [0.29, 0.717) is 5.75 Å². The van der Waals surface area contributed by atoms with E-state index in [1.807, 2.05) is 63.2 Å². The average molecular weight is 369 g/mol. The maximum atomic E-state index is 12.0. The lowest BCUT2D eigenvalue weighted by molar-refractivity contribution is -0.150. The van der Waals surface area contributed by atoms with E-state index in [0.717, 1.165) is 23.1 Å². The van der Waals surface area contributed by atoms with Gasteiger partial charge in [-0.2, -0.15) is 0 Å². The normalized spacial score (nSPS) is 11.6. The average Bonchev–Trinajstić information content (AvgIpc) is 2.67. The van der Waals surface area contributed by atoms with Crippen molar-refractivity contribution in [3.05, 3.63) is 64.7 Å². The molecular weight excluding hydrogens is 342 g/mol. The van der Waals surface area contributed by atoms with E-state index in [-0.39, 0.29) is 25.2 Å². The van der Waals surface area contributed by atoms with Gasteiger partial charge in [0.25, 0.3) is 5.91 Å². The largest absolute Gasteiger partial charge is 0.482 e. The fraction of sp³-hybridized carbons (Fsp3) is 0.364. The summed E-state index contributed by atoms with van der Waals surface area (Å²) in [7, 11) is 0. The van der Waals surface area contributed by atoms with Crippen molar-refractivity contribution in [2.45, 2.75) is 40.2 Å². The molecule has 1 N–H and O–H groups in total. The summed E-state index contributed by atoms with van der Waals surface area (Å²) in [5.74, 6) is -0.284. The van der Waals surface area contributed by atoms with Crippen LogP contribution in [-0.4, -0.2) is 25.1 Å². The van der Waals surface area contributed by atoms with Gasteiger partial charge in [-0.25, -0.2) is 4.79 Å². The molecule has 1 atom stereocenters. The van der Waals surface area contributed by atoms with Crippen LogP contribution in [0, 0.1) is 13.8 Å². The molecule has 0 spiro atoms. The zero-order chi connectivity index (χ0) is 19.8. The number of carbonyl (C=O) groups is 2. The molecule has 0 fully saturated rings. The Bertz CT molecular complexity index is 783. The maximum Gasteiger partial charge on any atom is 0.344 e. The van der Waals surface area contributed by atoms with Crippen molar-refractivity contribution in [1.82, 2.24) is 5.32 Å². The smallest absolute Gasteiger partial charge is 0.344 e. The van der Waals surface area contributed by atoms with Gasteiger partial charge in [0.05, 0.1) is 6.04 Å². The molecule has 2 aromatic rings. The van der Waals surface area contributed by atoms with E-state index >= 15 is 0 Å². The minimum atomic E-state index is -0.578. The van der Waals surface area contributed by atoms with E-state index in [4.69, 9.17) is 9.47 Å². The van der Waals surface area contributed by atoms with Crippen molar-refractivity contribution >= 4 is 11.9 Å². The van der Waals surface area contributed by atoms with Gasteiger partial charge in [-0.05, 0) is 55.5 Å². The molecule has 0 aliphatic rings. The molecule has 1 unspecified atom stereocenters. The maximum absolute atomic E-state index is 12.0. The lowest BCUT2D eigenvalue weighted by atomic mass is 10.1. The van der Waals surface area contributed by atoms with Crippen LogP contribution in [0.15, 0.2) is 42.5 Å². The molecule has 0 radical (unpaired) electrons. The lowest BCUT2D eigenvalue weighted by Gasteiger charge is -2.15. The Hall–Kier alpha value is -2.82. The Labute approximate surface area is 160 Å². The highest BCUT2D eigenvalue weighted by Gasteiger charge is 2.13. The van der Waals surface area contributed by atoms with Crippen LogP contribution < -0.4 is 10.1 Å². The van der Waals surface area contributed by atoms with Gasteiger partial charge in [0.2, 0.25) is 0 Å². The van der Waals surface area contributed by atoms with Crippen LogP contribution in [0.2, 0.25) is 0 Å². The number of rotatable bonds is 8. The second-order valence-electron chi connectivity index (χ2n) is 6.60. The molecule has 0 saturated heterocycles. The number of esters is 1. The van der Waals surface area contributed by atoms with Crippen molar-refractivity contribution in [3.63, 3.8) is 0 Å². The summed E-state index contributed by atoms with van der Waals surface area (Å²) in [4.78, 5) is 23.8. The second kappa shape index (κ2) is 9.76. The molecule has 5 nitrogen and oxygen atoms in total. The molecule has 0 bridgehead atoms. The summed E-state index contributed by atoms with van der Waals surface area (Å²) in [6, 6.07) is 13.7. The first kappa shape index (κ1) is 20.5. The number of benzene rings is 2. The van der Waals surface area contributed by atoms with Crippen molar-refractivity contribution in [3.8, 4) is 5.75 Å². The first-order chi connectivity index (χ1) is 12.9. The molecule has 0 heterocycles. The van der Waals surface area contributed by atoms with Crippen LogP contribution in [0.1, 0.15) is 42.1 Å². The van der Waals surface area contributed by atoms with Crippen molar-refractivity contribution in [2.24, 2.45) is 0 Å². The Kier molecular flexibility index (Phi) is 7.41. The molecule has 2 rings (SSSR count). The van der Waals surface area contributed by atoms with Gasteiger partial charge >= 0.3 is 5.97 Å². The fourth-order valence-corrected chi connectivity index (χ4v) is 2.60. The molecule has 27 heavy (non-hydrogen) atoms. The van der Waals surface area contributed by atoms with E-state index < -0.39 is 5.97 Å². The topological polar surface area (TPSA) is 64.6 Å². The third-order valence-electron chi connectivity index (χ3n) is 4.32. The minimum absolute atomic E-state index is 0.159.